The van der Waals surface area contributed by atoms with Crippen LogP contribution in [0.15, 0.2) is 27.8 Å². The Bertz CT molecular complexity index is 434. The van der Waals surface area contributed by atoms with Gasteiger partial charge in [-0.1, -0.05) is 21.1 Å². The first kappa shape index (κ1) is 4.28. The molecule has 4 heteroatoms. The van der Waals surface area contributed by atoms with Crippen molar-refractivity contribution >= 4 is 21.6 Å². The van der Waals surface area contributed by atoms with Crippen molar-refractivity contribution in [1.29, 1.82) is 1.43 Å². The van der Waals surface area contributed by atoms with Crippen LogP contribution in [0.3, 0.4) is 0 Å². The summed E-state index contributed by atoms with van der Waals surface area (Å²) in [6.07, 6.45) is 0. The molecule has 0 aromatic heterocycles. The van der Waals surface area contributed by atoms with Gasteiger partial charge in [0.1, 0.15) is 5.75 Å². The molecular weight excluding hydrogens is 222 g/mol. The van der Waals surface area contributed by atoms with E-state index in [1.165, 1.54) is 12.1 Å². The third-order valence-corrected chi connectivity index (χ3v) is 1.78. The molecule has 0 aliphatic heterocycles. The van der Waals surface area contributed by atoms with E-state index in [1.54, 1.807) is 6.07 Å². The van der Waals surface area contributed by atoms with Crippen LogP contribution in [0.2, 0.25) is 1.43 Å². The molecule has 3 nitrogen and oxygen atoms in total. The maximum atomic E-state index is 7.28. The average molecular weight is 235 g/mol. The number of benzene rings is 1. The summed E-state index contributed by atoms with van der Waals surface area (Å²) >= 11 is 3.17. The van der Waals surface area contributed by atoms with Gasteiger partial charge in [-0.25, -0.2) is 0 Å². The zero-order valence-electron chi connectivity index (χ0n) is 10.9. The number of hydrogen-bond acceptors (Lipinski definition) is 3. The molecule has 0 heterocycles. The van der Waals surface area contributed by atoms with E-state index >= 15 is 0 Å². The quantitative estimate of drug-likeness (QED) is 0.480. The van der Waals surface area contributed by atoms with E-state index in [-0.39, 0.29) is 11.3 Å². The molecule has 1 aromatic rings. The van der Waals surface area contributed by atoms with E-state index < -0.39 is 12.6 Å². The molecule has 0 aliphatic rings. The number of oxime groups is 1. The third kappa shape index (κ3) is 1.76. The fraction of sp³-hybridized carbons (Fsp3) is 0.125. The fourth-order valence-corrected chi connectivity index (χ4v) is 1.10. The van der Waals surface area contributed by atoms with Crippen molar-refractivity contribution in [2.24, 2.45) is 5.16 Å². The largest absolute Gasteiger partial charge is 0.507 e. The van der Waals surface area contributed by atoms with E-state index in [2.05, 4.69) is 31.4 Å². The van der Waals surface area contributed by atoms with Gasteiger partial charge in [-0.2, -0.15) is 0 Å². The van der Waals surface area contributed by atoms with Crippen molar-refractivity contribution in [3.05, 3.63) is 28.2 Å². The third-order valence-electron chi connectivity index (χ3n) is 1.29. The molecule has 0 radical (unpaired) electrons. The number of aromatic hydroxyl groups is 1. The Balaban J connectivity index is 3.37. The molecule has 12 heavy (non-hydrogen) atoms. The SMILES string of the molecule is [2H]O/N=C(/c1cc(Br)ccc1O[2H])C([2H])([2H])[2H]. The number of phenols is 1. The van der Waals surface area contributed by atoms with E-state index in [0.717, 1.165) is 0 Å². The van der Waals surface area contributed by atoms with Gasteiger partial charge in [-0.3, -0.25) is 0 Å². The number of halogens is 1. The standard InChI is InChI=1S/C8H8BrNO2/c1-5(10-12)7-4-6(9)2-3-8(7)11/h2-4,11-12H,1H3/b10-5+/i1D3/hD2. The predicted octanol–water partition coefficient (Wildman–Crippen LogP) is 2.35. The van der Waals surface area contributed by atoms with Gasteiger partial charge < -0.3 is 10.3 Å². The first-order valence-electron chi connectivity index (χ1n) is 5.35. The summed E-state index contributed by atoms with van der Waals surface area (Å²) in [4.78, 5) is 0. The first-order valence-corrected chi connectivity index (χ1v) is 3.83. The van der Waals surface area contributed by atoms with Crippen molar-refractivity contribution in [1.82, 2.24) is 0 Å². The number of nitrogens with zero attached hydrogens (tertiary/aromatic N) is 1. The van der Waals surface area contributed by atoms with Crippen LogP contribution in [0.1, 0.15) is 16.5 Å². The number of rotatable bonds is 3. The van der Waals surface area contributed by atoms with E-state index in [0.29, 0.717) is 4.47 Å². The zero-order valence-corrected chi connectivity index (χ0v) is 7.46. The minimum atomic E-state index is -2.57. The number of hydrogen-bond donors (Lipinski definition) is 2. The monoisotopic (exact) mass is 234 g/mol. The Morgan fingerprint density at radius 2 is 2.67 bits per heavy atom. The van der Waals surface area contributed by atoms with Gasteiger partial charge in [0, 0.05) is 14.1 Å². The summed E-state index contributed by atoms with van der Waals surface area (Å²) in [5, 5.41) is 11.2. The van der Waals surface area contributed by atoms with Crippen LogP contribution in [0.25, 0.3) is 0 Å². The van der Waals surface area contributed by atoms with Crippen LogP contribution in [0.5, 0.6) is 5.75 Å². The minimum Gasteiger partial charge on any atom is -0.507 e. The molecular formula is C8H8BrNO2. The van der Waals surface area contributed by atoms with Gasteiger partial charge in [-0.05, 0) is 25.1 Å². The maximum absolute atomic E-state index is 7.28. The van der Waals surface area contributed by atoms with Crippen LogP contribution in [0, 0.1) is 0 Å². The van der Waals surface area contributed by atoms with Gasteiger partial charge in [0.15, 0.2) is 0 Å². The summed E-state index contributed by atoms with van der Waals surface area (Å²) in [7, 11) is 0. The molecule has 0 bridgehead atoms. The molecule has 0 atom stereocenters. The second-order valence-electron chi connectivity index (χ2n) is 2.08. The maximum Gasteiger partial charge on any atom is 0.330 e. The Hall–Kier alpha value is -1.03. The molecule has 2 N–H and O–H groups in total. The lowest BCUT2D eigenvalue weighted by Gasteiger charge is -2.02. The molecule has 0 aliphatic carbocycles. The van der Waals surface area contributed by atoms with Gasteiger partial charge in [0.2, 0.25) is 0 Å². The smallest absolute Gasteiger partial charge is 0.330 e. The Morgan fingerprint density at radius 1 is 1.75 bits per heavy atom. The highest BCUT2D eigenvalue weighted by Crippen LogP contribution is 2.22. The lowest BCUT2D eigenvalue weighted by Crippen LogP contribution is -1.94. The van der Waals surface area contributed by atoms with Crippen molar-refractivity contribution in [3.63, 3.8) is 0 Å². The zero-order chi connectivity index (χ0) is 13.1. The van der Waals surface area contributed by atoms with Crippen LogP contribution < -0.4 is 0 Å². The van der Waals surface area contributed by atoms with Gasteiger partial charge in [-0.15, -0.1) is 0 Å². The summed E-state index contributed by atoms with van der Waals surface area (Å²) in [6.45, 7) is -2.57. The van der Waals surface area contributed by atoms with Gasteiger partial charge >= 0.3 is 1.43 Å². The Kier molecular flexibility index (Phi) is 1.28. The fourth-order valence-electron chi connectivity index (χ4n) is 0.736. The second-order valence-corrected chi connectivity index (χ2v) is 3.00. The molecule has 64 valence electrons. The van der Waals surface area contributed by atoms with Crippen LogP contribution >= 0.6 is 15.9 Å². The van der Waals surface area contributed by atoms with Crippen molar-refractivity contribution < 1.29 is 15.9 Å². The second kappa shape index (κ2) is 3.58. The average Bonchev–Trinajstić information content (AvgIpc) is 2.24. The van der Waals surface area contributed by atoms with Crippen molar-refractivity contribution in [2.75, 3.05) is 0 Å². The predicted molar refractivity (Wildman–Crippen MR) is 49.8 cm³/mol. The number of phenolic OH excluding ortho intramolecular Hbond substituents is 1. The summed E-state index contributed by atoms with van der Waals surface area (Å²) < 4.78 is 35.8. The molecule has 1 aromatic carbocycles. The molecule has 0 saturated heterocycles. The first-order chi connectivity index (χ1) is 7.90. The normalized spacial score (nSPS) is 18.1. The highest BCUT2D eigenvalue weighted by molar-refractivity contribution is 9.10. The Morgan fingerprint density at radius 3 is 3.33 bits per heavy atom. The van der Waals surface area contributed by atoms with Crippen molar-refractivity contribution in [3.8, 4) is 5.75 Å². The van der Waals surface area contributed by atoms with Crippen LogP contribution in [-0.2, 0) is 0 Å². The molecule has 0 saturated carbocycles. The lowest BCUT2D eigenvalue weighted by atomic mass is 10.1. The van der Waals surface area contributed by atoms with Gasteiger partial charge in [0.25, 0.3) is 1.43 Å². The molecule has 1 rings (SSSR count). The molecule has 0 spiro atoms. The lowest BCUT2D eigenvalue weighted by molar-refractivity contribution is 0.318. The van der Waals surface area contributed by atoms with E-state index in [1.807, 2.05) is 0 Å². The summed E-state index contributed by atoms with van der Waals surface area (Å²) in [5.41, 5.74) is -0.377. The molecule has 0 fully saturated rings. The van der Waals surface area contributed by atoms with E-state index in [4.69, 9.17) is 6.97 Å². The van der Waals surface area contributed by atoms with Crippen molar-refractivity contribution in [2.45, 2.75) is 6.85 Å². The molecule has 0 amide bonds. The topological polar surface area (TPSA) is 52.8 Å². The highest BCUT2D eigenvalue weighted by atomic mass is 79.9. The van der Waals surface area contributed by atoms with Crippen LogP contribution in [-0.4, -0.2) is 17.5 Å². The summed E-state index contributed by atoms with van der Waals surface area (Å²) in [6, 6.07) is 4.43. The Labute approximate surface area is 85.7 Å². The van der Waals surface area contributed by atoms with E-state index in [9.17, 15) is 0 Å². The summed E-state index contributed by atoms with van der Waals surface area (Å²) in [5.74, 6) is 0.0140. The minimum absolute atomic E-state index is 0.0140. The van der Waals surface area contributed by atoms with Gasteiger partial charge in [0.05, 0.1) is 5.71 Å². The highest BCUT2D eigenvalue weighted by Gasteiger charge is 2.04. The van der Waals surface area contributed by atoms with Crippen LogP contribution in [0.4, 0.5) is 0 Å². The molecule has 0 unspecified atom stereocenters.